The molecule has 4 atom stereocenters. The van der Waals surface area contributed by atoms with Crippen molar-refractivity contribution in [1.29, 1.82) is 0 Å². The fourth-order valence-electron chi connectivity index (χ4n) is 7.47. The van der Waals surface area contributed by atoms with Crippen LogP contribution in [0.4, 0.5) is 0 Å². The lowest BCUT2D eigenvalue weighted by atomic mass is 9.92. The van der Waals surface area contributed by atoms with Crippen LogP contribution < -0.4 is 11.5 Å². The monoisotopic (exact) mass is 635 g/mol. The number of ether oxygens (including phenoxy) is 1. The molecule has 2 aliphatic carbocycles. The number of hydrogen-bond donors (Lipinski definition) is 3. The Balaban J connectivity index is 0.000000251. The molecule has 0 spiro atoms. The number of rotatable bonds is 18. The van der Waals surface area contributed by atoms with Gasteiger partial charge in [-0.3, -0.25) is 4.79 Å². The topological polar surface area (TPSA) is 98.6 Å². The molecule has 4 rings (SSSR count). The number of nitrogens with two attached hydrogens (primary N) is 2. The van der Waals surface area contributed by atoms with E-state index in [1.165, 1.54) is 119 Å². The van der Waals surface area contributed by atoms with Gasteiger partial charge in [-0.05, 0) is 98.3 Å². The summed E-state index contributed by atoms with van der Waals surface area (Å²) in [7, 11) is 1.42. The number of methoxy groups -OCH3 is 1. The number of aryl methyl sites for hydroxylation is 2. The number of hydrogen-bond acceptors (Lipinski definition) is 5. The number of carbonyl (C=O) groups is 1. The minimum absolute atomic E-state index is 0.111. The number of carbonyl (C=O) groups excluding carboxylic acids is 1. The van der Waals surface area contributed by atoms with Gasteiger partial charge in [0.2, 0.25) is 0 Å². The van der Waals surface area contributed by atoms with Gasteiger partial charge >= 0.3 is 5.97 Å². The molecular weight excluding hydrogens is 568 g/mol. The van der Waals surface area contributed by atoms with E-state index in [2.05, 4.69) is 62.4 Å². The Labute approximate surface area is 281 Å². The first-order valence-electron chi connectivity index (χ1n) is 18.7. The summed E-state index contributed by atoms with van der Waals surface area (Å²) in [6, 6.07) is 18.1. The van der Waals surface area contributed by atoms with Crippen LogP contribution in [0.25, 0.3) is 0 Å². The van der Waals surface area contributed by atoms with E-state index in [9.17, 15) is 9.90 Å². The predicted octanol–water partition coefficient (Wildman–Crippen LogP) is 9.27. The molecule has 2 aromatic carbocycles. The van der Waals surface area contributed by atoms with Crippen LogP contribution in [0.3, 0.4) is 0 Å². The highest BCUT2D eigenvalue weighted by Gasteiger charge is 2.43. The SMILES string of the molecule is CCCCCCCCc1ccc([C@H]2CC[C@](N)(C(=O)OC)C2)cc1.CCCCCCCCc1ccc([C@H]2CC[C@](N)(CO)C2)cc1. The summed E-state index contributed by atoms with van der Waals surface area (Å²) in [5.74, 6) is 0.627. The third-order valence-electron chi connectivity index (χ3n) is 10.6. The van der Waals surface area contributed by atoms with Gasteiger partial charge in [0.05, 0.1) is 13.7 Å². The molecule has 0 saturated heterocycles. The number of unbranched alkanes of at least 4 members (excludes halogenated alkanes) is 10. The molecule has 258 valence electrons. The van der Waals surface area contributed by atoms with E-state index in [1.807, 2.05) is 0 Å². The van der Waals surface area contributed by atoms with Crippen molar-refractivity contribution in [2.75, 3.05) is 13.7 Å². The minimum Gasteiger partial charge on any atom is -0.468 e. The molecule has 2 aliphatic rings. The maximum absolute atomic E-state index is 11.8. The first kappa shape index (κ1) is 38.2. The second-order valence-corrected chi connectivity index (χ2v) is 14.6. The third kappa shape index (κ3) is 12.4. The van der Waals surface area contributed by atoms with E-state index in [0.717, 1.165) is 25.7 Å². The van der Waals surface area contributed by atoms with Crippen LogP contribution in [-0.2, 0) is 22.4 Å². The molecule has 0 radical (unpaired) electrons. The lowest BCUT2D eigenvalue weighted by Gasteiger charge is -2.21. The molecule has 2 saturated carbocycles. The Morgan fingerprint density at radius 3 is 1.57 bits per heavy atom. The molecule has 5 nitrogen and oxygen atoms in total. The zero-order valence-corrected chi connectivity index (χ0v) is 29.5. The van der Waals surface area contributed by atoms with Gasteiger partial charge in [0.15, 0.2) is 0 Å². The summed E-state index contributed by atoms with van der Waals surface area (Å²) in [5.41, 5.74) is 16.8. The summed E-state index contributed by atoms with van der Waals surface area (Å²) in [4.78, 5) is 11.8. The zero-order valence-electron chi connectivity index (χ0n) is 29.5. The van der Waals surface area contributed by atoms with Gasteiger partial charge in [0, 0.05) is 5.54 Å². The first-order chi connectivity index (χ1) is 22.3. The molecule has 0 amide bonds. The van der Waals surface area contributed by atoms with Crippen molar-refractivity contribution in [1.82, 2.24) is 0 Å². The molecule has 0 aromatic heterocycles. The van der Waals surface area contributed by atoms with Crippen molar-refractivity contribution in [3.05, 3.63) is 70.8 Å². The van der Waals surface area contributed by atoms with Crippen molar-refractivity contribution in [2.45, 2.75) is 165 Å². The molecule has 0 unspecified atom stereocenters. The highest BCUT2D eigenvalue weighted by atomic mass is 16.5. The van der Waals surface area contributed by atoms with Crippen molar-refractivity contribution < 1.29 is 14.6 Å². The summed E-state index contributed by atoms with van der Waals surface area (Å²) in [6.45, 7) is 4.63. The highest BCUT2D eigenvalue weighted by molar-refractivity contribution is 5.81. The highest BCUT2D eigenvalue weighted by Crippen LogP contribution is 2.41. The van der Waals surface area contributed by atoms with Gasteiger partial charge in [-0.25, -0.2) is 0 Å². The fourth-order valence-corrected chi connectivity index (χ4v) is 7.47. The summed E-state index contributed by atoms with van der Waals surface area (Å²) < 4.78 is 4.86. The van der Waals surface area contributed by atoms with Crippen molar-refractivity contribution in [3.63, 3.8) is 0 Å². The lowest BCUT2D eigenvalue weighted by molar-refractivity contribution is -0.146. The maximum Gasteiger partial charge on any atom is 0.325 e. The van der Waals surface area contributed by atoms with E-state index in [4.69, 9.17) is 16.2 Å². The van der Waals surface area contributed by atoms with Gasteiger partial charge in [0.1, 0.15) is 5.54 Å². The molecule has 2 fully saturated rings. The van der Waals surface area contributed by atoms with E-state index in [0.29, 0.717) is 24.7 Å². The Kier molecular flexibility index (Phi) is 16.8. The zero-order chi connectivity index (χ0) is 33.3. The predicted molar refractivity (Wildman–Crippen MR) is 193 cm³/mol. The van der Waals surface area contributed by atoms with E-state index >= 15 is 0 Å². The summed E-state index contributed by atoms with van der Waals surface area (Å²) in [6.07, 6.45) is 23.9. The standard InChI is InChI=1S/C21H33NO2.C20H33NO/c1-3-4-5-6-7-8-9-17-10-12-18(13-11-17)19-14-15-21(22,16-19)20(23)24-2;1-2-3-4-5-6-7-8-17-9-11-18(12-10-17)19-13-14-20(21,15-19)16-22/h10-13,19H,3-9,14-16,22H2,1-2H3;9-12,19,22H,2-8,13-16,21H2,1H3/t19-,21+;19-,20+/m00/s1. The minimum atomic E-state index is -0.795. The van der Waals surface area contributed by atoms with Crippen LogP contribution in [-0.4, -0.2) is 35.9 Å². The van der Waals surface area contributed by atoms with Crippen LogP contribution in [0, 0.1) is 0 Å². The van der Waals surface area contributed by atoms with Gasteiger partial charge in [-0.15, -0.1) is 0 Å². The van der Waals surface area contributed by atoms with Crippen molar-refractivity contribution in [3.8, 4) is 0 Å². The smallest absolute Gasteiger partial charge is 0.325 e. The second-order valence-electron chi connectivity index (χ2n) is 14.6. The molecule has 0 bridgehead atoms. The summed E-state index contributed by atoms with van der Waals surface area (Å²) in [5, 5.41) is 9.38. The summed E-state index contributed by atoms with van der Waals surface area (Å²) >= 11 is 0. The molecule has 5 N–H and O–H groups in total. The maximum atomic E-state index is 11.8. The Morgan fingerprint density at radius 2 is 1.13 bits per heavy atom. The molecule has 0 aliphatic heterocycles. The van der Waals surface area contributed by atoms with Gasteiger partial charge in [0.25, 0.3) is 0 Å². The van der Waals surface area contributed by atoms with E-state index < -0.39 is 5.54 Å². The molecule has 5 heteroatoms. The van der Waals surface area contributed by atoms with Crippen LogP contribution in [0.2, 0.25) is 0 Å². The Morgan fingerprint density at radius 1 is 0.696 bits per heavy atom. The average Bonchev–Trinajstić information content (AvgIpc) is 3.69. The van der Waals surface area contributed by atoms with Crippen molar-refractivity contribution >= 4 is 5.97 Å². The average molecular weight is 635 g/mol. The molecule has 0 heterocycles. The normalized spacial score (nSPS) is 24.0. The molecule has 2 aromatic rings. The second kappa shape index (κ2) is 20.2. The van der Waals surface area contributed by atoms with Crippen LogP contribution in [0.15, 0.2) is 48.5 Å². The number of aliphatic hydroxyl groups is 1. The van der Waals surface area contributed by atoms with Crippen LogP contribution >= 0.6 is 0 Å². The van der Waals surface area contributed by atoms with Gasteiger partial charge < -0.3 is 21.3 Å². The van der Waals surface area contributed by atoms with Crippen LogP contribution in [0.5, 0.6) is 0 Å². The van der Waals surface area contributed by atoms with E-state index in [1.54, 1.807) is 0 Å². The first-order valence-corrected chi connectivity index (χ1v) is 18.7. The van der Waals surface area contributed by atoms with E-state index in [-0.39, 0.29) is 18.1 Å². The Hall–Kier alpha value is -2.21. The largest absolute Gasteiger partial charge is 0.468 e. The van der Waals surface area contributed by atoms with Gasteiger partial charge in [-0.1, -0.05) is 127 Å². The lowest BCUT2D eigenvalue weighted by Crippen LogP contribution is -2.46. The quantitative estimate of drug-likeness (QED) is 0.112. The fraction of sp³-hybridized carbons (Fsp3) is 0.683. The van der Waals surface area contributed by atoms with Crippen molar-refractivity contribution in [2.24, 2.45) is 11.5 Å². The Bertz CT molecular complexity index is 1120. The number of benzene rings is 2. The third-order valence-corrected chi connectivity index (χ3v) is 10.6. The number of aliphatic hydroxyl groups excluding tert-OH is 1. The molecule has 46 heavy (non-hydrogen) atoms. The number of esters is 1. The van der Waals surface area contributed by atoms with Crippen LogP contribution in [0.1, 0.15) is 164 Å². The van der Waals surface area contributed by atoms with Gasteiger partial charge in [-0.2, -0.15) is 0 Å². The molecular formula is C41H66N2O3.